The minimum atomic E-state index is -2.59. The van der Waals surface area contributed by atoms with Crippen LogP contribution < -0.4 is 34.5 Å². The maximum absolute atomic E-state index is 10.8. The molecule has 0 heterocycles. The van der Waals surface area contributed by atoms with Crippen LogP contribution in [0.15, 0.2) is 0 Å². The standard InChI is InChI=1S/C4H11O2PS.Na/c1-3-6-7(5,8)4-2;/h3-4H2,1-2H3,(H,5,8);/q;+1/p-1. The first-order valence-corrected chi connectivity index (χ1v) is 5.39. The fraction of sp³-hybridized carbons (Fsp3) is 1.00. The summed E-state index contributed by atoms with van der Waals surface area (Å²) in [6.45, 7) is 1.42. The summed E-state index contributed by atoms with van der Waals surface area (Å²) in [5.41, 5.74) is 0. The van der Waals surface area contributed by atoms with Gasteiger partial charge in [-0.1, -0.05) is 18.7 Å². The number of hydrogen-bond donors (Lipinski definition) is 0. The first-order valence-electron chi connectivity index (χ1n) is 2.57. The second-order valence-corrected chi connectivity index (χ2v) is 5.13. The van der Waals surface area contributed by atoms with Crippen LogP contribution in [0.5, 0.6) is 0 Å². The average Bonchev–Trinajstić information content (AvgIpc) is 1.67. The molecule has 0 aromatic heterocycles. The zero-order chi connectivity index (χ0) is 6.62. The largest absolute Gasteiger partial charge is 1.00 e. The third kappa shape index (κ3) is 7.47. The molecule has 0 aromatic carbocycles. The SMILES string of the molecule is CCOP([O-])(=S)CC.[Na+]. The molecule has 0 fully saturated rings. The van der Waals surface area contributed by atoms with Gasteiger partial charge in [-0.3, -0.25) is 0 Å². The topological polar surface area (TPSA) is 32.3 Å². The van der Waals surface area contributed by atoms with E-state index in [2.05, 4.69) is 11.8 Å². The minimum Gasteiger partial charge on any atom is -0.801 e. The number of rotatable bonds is 3. The van der Waals surface area contributed by atoms with Gasteiger partial charge in [0.1, 0.15) is 0 Å². The zero-order valence-electron chi connectivity index (χ0n) is 6.09. The average molecular weight is 176 g/mol. The molecule has 0 aliphatic carbocycles. The predicted molar refractivity (Wildman–Crippen MR) is 36.5 cm³/mol. The predicted octanol–water partition coefficient (Wildman–Crippen LogP) is -2.28. The molecule has 9 heavy (non-hydrogen) atoms. The molecule has 1 atom stereocenters. The molecule has 0 N–H and O–H groups in total. The van der Waals surface area contributed by atoms with Crippen molar-refractivity contribution in [3.63, 3.8) is 0 Å². The van der Waals surface area contributed by atoms with E-state index in [1.807, 2.05) is 0 Å². The molecule has 0 aliphatic rings. The Balaban J connectivity index is 0. The second kappa shape index (κ2) is 6.29. The van der Waals surface area contributed by atoms with Gasteiger partial charge in [0.05, 0.1) is 0 Å². The van der Waals surface area contributed by atoms with Crippen molar-refractivity contribution in [2.24, 2.45) is 0 Å². The van der Waals surface area contributed by atoms with E-state index in [0.29, 0.717) is 12.8 Å². The molecule has 50 valence electrons. The molecular weight excluding hydrogens is 166 g/mol. The van der Waals surface area contributed by atoms with Crippen molar-refractivity contribution in [3.05, 3.63) is 0 Å². The van der Waals surface area contributed by atoms with Gasteiger partial charge < -0.3 is 9.42 Å². The molecule has 0 aliphatic heterocycles. The third-order valence-corrected chi connectivity index (χ3v) is 3.23. The summed E-state index contributed by atoms with van der Waals surface area (Å²) >= 11 is 4.58. The quantitative estimate of drug-likeness (QED) is 0.358. The van der Waals surface area contributed by atoms with Gasteiger partial charge in [0.15, 0.2) is 0 Å². The Labute approximate surface area is 83.4 Å². The maximum Gasteiger partial charge on any atom is 1.00 e. The van der Waals surface area contributed by atoms with Crippen molar-refractivity contribution in [2.45, 2.75) is 13.8 Å². The van der Waals surface area contributed by atoms with Crippen LogP contribution in [0.3, 0.4) is 0 Å². The molecule has 0 spiro atoms. The Hall–Kier alpha value is 1.57. The summed E-state index contributed by atoms with van der Waals surface area (Å²) in [6, 6.07) is 0. The van der Waals surface area contributed by atoms with E-state index >= 15 is 0 Å². The summed E-state index contributed by atoms with van der Waals surface area (Å²) in [5.74, 6) is 0. The molecule has 5 heteroatoms. The van der Waals surface area contributed by atoms with Gasteiger partial charge in [0, 0.05) is 6.61 Å². The first kappa shape index (κ1) is 13.2. The molecule has 0 saturated carbocycles. The van der Waals surface area contributed by atoms with Crippen LogP contribution >= 0.6 is 6.49 Å². The molecule has 0 amide bonds. The van der Waals surface area contributed by atoms with E-state index in [-0.39, 0.29) is 29.6 Å². The molecule has 0 saturated heterocycles. The van der Waals surface area contributed by atoms with Crippen molar-refractivity contribution < 1.29 is 39.0 Å². The van der Waals surface area contributed by atoms with Gasteiger partial charge >= 0.3 is 29.6 Å². The maximum atomic E-state index is 10.8. The molecule has 1 unspecified atom stereocenters. The Morgan fingerprint density at radius 3 is 2.11 bits per heavy atom. The molecule has 0 bridgehead atoms. The van der Waals surface area contributed by atoms with Crippen LogP contribution in [-0.4, -0.2) is 12.8 Å². The molecule has 0 rings (SSSR count). The van der Waals surface area contributed by atoms with E-state index < -0.39 is 6.49 Å². The summed E-state index contributed by atoms with van der Waals surface area (Å²) in [4.78, 5) is 10.8. The summed E-state index contributed by atoms with van der Waals surface area (Å²) in [5, 5.41) is 0. The molecular formula is C4H10NaO2PS. The van der Waals surface area contributed by atoms with E-state index in [4.69, 9.17) is 4.52 Å². The fourth-order valence-electron chi connectivity index (χ4n) is 0.288. The van der Waals surface area contributed by atoms with Gasteiger partial charge in [-0.2, -0.15) is 0 Å². The minimum absolute atomic E-state index is 0. The third-order valence-electron chi connectivity index (χ3n) is 0.713. The smallest absolute Gasteiger partial charge is 0.801 e. The van der Waals surface area contributed by atoms with Crippen molar-refractivity contribution >= 4 is 18.3 Å². The van der Waals surface area contributed by atoms with Crippen LogP contribution in [0.25, 0.3) is 0 Å². The van der Waals surface area contributed by atoms with Crippen LogP contribution in [0.2, 0.25) is 0 Å². The van der Waals surface area contributed by atoms with Crippen LogP contribution in [0.4, 0.5) is 0 Å². The van der Waals surface area contributed by atoms with Crippen molar-refractivity contribution in [1.82, 2.24) is 0 Å². The first-order chi connectivity index (χ1) is 3.62. The van der Waals surface area contributed by atoms with Crippen molar-refractivity contribution in [3.8, 4) is 0 Å². The zero-order valence-corrected chi connectivity index (χ0v) is 9.80. The number of hydrogen-bond acceptors (Lipinski definition) is 3. The molecule has 0 aromatic rings. The second-order valence-electron chi connectivity index (χ2n) is 1.34. The van der Waals surface area contributed by atoms with Gasteiger partial charge in [0.25, 0.3) is 0 Å². The Bertz CT molecular complexity index is 109. The van der Waals surface area contributed by atoms with Gasteiger partial charge in [-0.15, -0.1) is 0 Å². The van der Waals surface area contributed by atoms with Crippen LogP contribution in [-0.2, 0) is 16.3 Å². The van der Waals surface area contributed by atoms with Crippen LogP contribution in [0.1, 0.15) is 13.8 Å². The summed E-state index contributed by atoms with van der Waals surface area (Å²) in [7, 11) is 0. The van der Waals surface area contributed by atoms with Gasteiger partial charge in [-0.05, 0) is 19.6 Å². The Morgan fingerprint density at radius 2 is 2.00 bits per heavy atom. The molecule has 2 nitrogen and oxygen atoms in total. The summed E-state index contributed by atoms with van der Waals surface area (Å²) < 4.78 is 4.75. The van der Waals surface area contributed by atoms with Crippen molar-refractivity contribution in [1.29, 1.82) is 0 Å². The van der Waals surface area contributed by atoms with E-state index in [0.717, 1.165) is 0 Å². The monoisotopic (exact) mass is 176 g/mol. The van der Waals surface area contributed by atoms with E-state index in [1.165, 1.54) is 0 Å². The van der Waals surface area contributed by atoms with Crippen LogP contribution in [0, 0.1) is 0 Å². The molecule has 0 radical (unpaired) electrons. The van der Waals surface area contributed by atoms with Gasteiger partial charge in [-0.25, -0.2) is 0 Å². The Kier molecular flexibility index (Phi) is 9.21. The Morgan fingerprint density at radius 1 is 1.56 bits per heavy atom. The fourth-order valence-corrected chi connectivity index (χ4v) is 1.18. The van der Waals surface area contributed by atoms with Crippen molar-refractivity contribution in [2.75, 3.05) is 12.8 Å². The summed E-state index contributed by atoms with van der Waals surface area (Å²) in [6.07, 6.45) is 0.455. The van der Waals surface area contributed by atoms with Gasteiger partial charge in [0.2, 0.25) is 0 Å². The normalized spacial score (nSPS) is 15.9. The van der Waals surface area contributed by atoms with E-state index in [1.54, 1.807) is 13.8 Å². The van der Waals surface area contributed by atoms with E-state index in [9.17, 15) is 4.89 Å².